The fraction of sp³-hybridized carbons (Fsp3) is 0.333. The second kappa shape index (κ2) is 6.36. The van der Waals surface area contributed by atoms with E-state index in [0.717, 1.165) is 54.0 Å². The monoisotopic (exact) mass is 334 g/mol. The van der Waals surface area contributed by atoms with Crippen molar-refractivity contribution in [2.45, 2.75) is 32.6 Å². The summed E-state index contributed by atoms with van der Waals surface area (Å²) < 4.78 is 5.90. The van der Waals surface area contributed by atoms with Crippen LogP contribution in [0.5, 0.6) is 0 Å². The Bertz CT molecular complexity index is 888. The molecular weight excluding hydrogens is 312 g/mol. The predicted octanol–water partition coefficient (Wildman–Crippen LogP) is 4.46. The number of piperidine rings is 1. The predicted molar refractivity (Wildman–Crippen MR) is 97.8 cm³/mol. The fourth-order valence-corrected chi connectivity index (χ4v) is 3.45. The number of hydrogen-bond donors (Lipinski definition) is 0. The molecule has 2 aromatic carbocycles. The zero-order chi connectivity index (χ0) is 17.4. The zero-order valence-electron chi connectivity index (χ0n) is 14.7. The number of oxazole rings is 1. The molecule has 0 bridgehead atoms. The summed E-state index contributed by atoms with van der Waals surface area (Å²) in [7, 11) is 0. The van der Waals surface area contributed by atoms with Gasteiger partial charge in [0.05, 0.1) is 0 Å². The number of hydrogen-bond acceptors (Lipinski definition) is 3. The Kier molecular flexibility index (Phi) is 4.04. The van der Waals surface area contributed by atoms with Gasteiger partial charge in [0.15, 0.2) is 11.5 Å². The summed E-state index contributed by atoms with van der Waals surface area (Å²) >= 11 is 0. The number of nitrogens with zero attached hydrogens (tertiary/aromatic N) is 2. The number of aromatic nitrogens is 1. The van der Waals surface area contributed by atoms with E-state index in [9.17, 15) is 4.79 Å². The Morgan fingerprint density at radius 3 is 2.56 bits per heavy atom. The van der Waals surface area contributed by atoms with Crippen molar-refractivity contribution in [3.63, 3.8) is 0 Å². The molecular formula is C21H22N2O2. The molecule has 0 radical (unpaired) electrons. The van der Waals surface area contributed by atoms with Crippen LogP contribution >= 0.6 is 0 Å². The largest absolute Gasteiger partial charge is 0.440 e. The SMILES string of the molecule is Cc1ccc(C(=O)N2CCC(c3nc4ccccc4o3)CC2)cc1C. The molecule has 1 aromatic heterocycles. The van der Waals surface area contributed by atoms with Crippen molar-refractivity contribution in [1.29, 1.82) is 0 Å². The van der Waals surface area contributed by atoms with Crippen LogP contribution < -0.4 is 0 Å². The third-order valence-corrected chi connectivity index (χ3v) is 5.20. The molecule has 4 nitrogen and oxygen atoms in total. The molecule has 128 valence electrons. The highest BCUT2D eigenvalue weighted by Crippen LogP contribution is 2.30. The number of fused-ring (bicyclic) bond motifs is 1. The second-order valence-corrected chi connectivity index (χ2v) is 6.89. The molecule has 2 heterocycles. The minimum atomic E-state index is 0.124. The number of aryl methyl sites for hydroxylation is 2. The van der Waals surface area contributed by atoms with Gasteiger partial charge in [0.2, 0.25) is 0 Å². The third-order valence-electron chi connectivity index (χ3n) is 5.20. The van der Waals surface area contributed by atoms with Gasteiger partial charge in [0.25, 0.3) is 5.91 Å². The average Bonchev–Trinajstić information content (AvgIpc) is 3.08. The molecule has 0 aliphatic carbocycles. The van der Waals surface area contributed by atoms with Crippen LogP contribution in [0.15, 0.2) is 46.9 Å². The maximum absolute atomic E-state index is 12.7. The molecule has 25 heavy (non-hydrogen) atoms. The van der Waals surface area contributed by atoms with Gasteiger partial charge < -0.3 is 9.32 Å². The van der Waals surface area contributed by atoms with Gasteiger partial charge in [-0.25, -0.2) is 4.98 Å². The van der Waals surface area contributed by atoms with Gasteiger partial charge in [-0.05, 0) is 62.1 Å². The fourth-order valence-electron chi connectivity index (χ4n) is 3.45. The van der Waals surface area contributed by atoms with Crippen LogP contribution in [0.1, 0.15) is 46.1 Å². The number of para-hydroxylation sites is 2. The maximum atomic E-state index is 12.7. The Labute approximate surface area is 147 Å². The van der Waals surface area contributed by atoms with Gasteiger partial charge in [-0.2, -0.15) is 0 Å². The van der Waals surface area contributed by atoms with Crippen LogP contribution in [0.4, 0.5) is 0 Å². The topological polar surface area (TPSA) is 46.3 Å². The maximum Gasteiger partial charge on any atom is 0.253 e. The highest BCUT2D eigenvalue weighted by molar-refractivity contribution is 5.94. The molecule has 0 N–H and O–H groups in total. The number of likely N-dealkylation sites (tertiary alicyclic amines) is 1. The molecule has 1 saturated heterocycles. The first-order chi connectivity index (χ1) is 12.1. The van der Waals surface area contributed by atoms with E-state index in [2.05, 4.69) is 11.9 Å². The van der Waals surface area contributed by atoms with Crippen LogP contribution in [0.2, 0.25) is 0 Å². The summed E-state index contributed by atoms with van der Waals surface area (Å²) in [6.45, 7) is 5.60. The first-order valence-electron chi connectivity index (χ1n) is 8.84. The standard InChI is InChI=1S/C21H22N2O2/c1-14-7-8-17(13-15(14)2)21(24)23-11-9-16(10-12-23)20-22-18-5-3-4-6-19(18)25-20/h3-8,13,16H,9-12H2,1-2H3. The Balaban J connectivity index is 1.45. The van der Waals surface area contributed by atoms with Gasteiger partial charge in [-0.1, -0.05) is 18.2 Å². The highest BCUT2D eigenvalue weighted by Gasteiger charge is 2.27. The molecule has 0 atom stereocenters. The molecule has 1 aliphatic heterocycles. The smallest absolute Gasteiger partial charge is 0.253 e. The van der Waals surface area contributed by atoms with Crippen molar-refractivity contribution in [3.8, 4) is 0 Å². The van der Waals surface area contributed by atoms with E-state index < -0.39 is 0 Å². The third kappa shape index (κ3) is 3.04. The van der Waals surface area contributed by atoms with Crippen LogP contribution in [-0.2, 0) is 0 Å². The van der Waals surface area contributed by atoms with Gasteiger partial charge in [-0.15, -0.1) is 0 Å². The molecule has 0 unspecified atom stereocenters. The van der Waals surface area contributed by atoms with Crippen molar-refractivity contribution in [3.05, 3.63) is 65.0 Å². The summed E-state index contributed by atoms with van der Waals surface area (Å²) in [5, 5.41) is 0. The van der Waals surface area contributed by atoms with E-state index in [1.165, 1.54) is 5.56 Å². The van der Waals surface area contributed by atoms with E-state index in [0.29, 0.717) is 0 Å². The Morgan fingerprint density at radius 2 is 1.84 bits per heavy atom. The van der Waals surface area contributed by atoms with Gasteiger partial charge in [0, 0.05) is 24.6 Å². The van der Waals surface area contributed by atoms with E-state index >= 15 is 0 Å². The number of rotatable bonds is 2. The summed E-state index contributed by atoms with van der Waals surface area (Å²) in [6.07, 6.45) is 1.78. The lowest BCUT2D eigenvalue weighted by atomic mass is 9.96. The minimum absolute atomic E-state index is 0.124. The van der Waals surface area contributed by atoms with Crippen LogP contribution in [0, 0.1) is 13.8 Å². The van der Waals surface area contributed by atoms with E-state index in [-0.39, 0.29) is 11.8 Å². The van der Waals surface area contributed by atoms with Crippen LogP contribution in [0.3, 0.4) is 0 Å². The molecule has 1 fully saturated rings. The average molecular weight is 334 g/mol. The molecule has 4 heteroatoms. The number of carbonyl (C=O) groups excluding carboxylic acids is 1. The molecule has 1 amide bonds. The Hall–Kier alpha value is -2.62. The lowest BCUT2D eigenvalue weighted by Crippen LogP contribution is -2.38. The van der Waals surface area contributed by atoms with Crippen molar-refractivity contribution in [1.82, 2.24) is 9.88 Å². The van der Waals surface area contributed by atoms with Crippen molar-refractivity contribution >= 4 is 17.0 Å². The van der Waals surface area contributed by atoms with Gasteiger partial charge in [0.1, 0.15) is 5.52 Å². The van der Waals surface area contributed by atoms with E-state index in [4.69, 9.17) is 4.42 Å². The van der Waals surface area contributed by atoms with Crippen LogP contribution in [0.25, 0.3) is 11.1 Å². The number of benzene rings is 2. The lowest BCUT2D eigenvalue weighted by Gasteiger charge is -2.30. The Morgan fingerprint density at radius 1 is 1.08 bits per heavy atom. The zero-order valence-corrected chi connectivity index (χ0v) is 14.7. The summed E-state index contributed by atoms with van der Waals surface area (Å²) in [4.78, 5) is 19.3. The van der Waals surface area contributed by atoms with Gasteiger partial charge in [-0.3, -0.25) is 4.79 Å². The van der Waals surface area contributed by atoms with E-state index in [1.807, 2.05) is 54.3 Å². The number of carbonyl (C=O) groups is 1. The first kappa shape index (κ1) is 15.9. The summed E-state index contributed by atoms with van der Waals surface area (Å²) in [5.74, 6) is 1.22. The van der Waals surface area contributed by atoms with Crippen molar-refractivity contribution in [2.75, 3.05) is 13.1 Å². The first-order valence-corrected chi connectivity index (χ1v) is 8.84. The molecule has 1 aliphatic rings. The summed E-state index contributed by atoms with van der Waals surface area (Å²) in [5.41, 5.74) is 4.90. The quantitative estimate of drug-likeness (QED) is 0.695. The second-order valence-electron chi connectivity index (χ2n) is 6.89. The molecule has 4 rings (SSSR count). The lowest BCUT2D eigenvalue weighted by molar-refractivity contribution is 0.0706. The minimum Gasteiger partial charge on any atom is -0.440 e. The van der Waals surface area contributed by atoms with Crippen LogP contribution in [-0.4, -0.2) is 28.9 Å². The highest BCUT2D eigenvalue weighted by atomic mass is 16.3. The van der Waals surface area contributed by atoms with E-state index in [1.54, 1.807) is 0 Å². The van der Waals surface area contributed by atoms with Gasteiger partial charge >= 0.3 is 0 Å². The molecule has 3 aromatic rings. The van der Waals surface area contributed by atoms with Crippen molar-refractivity contribution in [2.24, 2.45) is 0 Å². The molecule has 0 saturated carbocycles. The molecule has 0 spiro atoms. The summed E-state index contributed by atoms with van der Waals surface area (Å²) in [6, 6.07) is 13.8. The number of amides is 1. The normalized spacial score (nSPS) is 15.7. The van der Waals surface area contributed by atoms with Crippen molar-refractivity contribution < 1.29 is 9.21 Å².